The molecule has 5 heteroatoms. The van der Waals surface area contributed by atoms with Crippen LogP contribution in [0.15, 0.2) is 36.5 Å². The molecule has 3 rings (SSSR count). The van der Waals surface area contributed by atoms with Crippen molar-refractivity contribution in [3.05, 3.63) is 53.3 Å². The van der Waals surface area contributed by atoms with E-state index in [2.05, 4.69) is 4.98 Å². The van der Waals surface area contributed by atoms with Crippen molar-refractivity contribution in [3.8, 4) is 11.5 Å². The van der Waals surface area contributed by atoms with E-state index < -0.39 is 0 Å². The summed E-state index contributed by atoms with van der Waals surface area (Å²) in [6.07, 6.45) is 2.54. The van der Waals surface area contributed by atoms with E-state index >= 15 is 0 Å². The number of aromatic nitrogens is 1. The van der Waals surface area contributed by atoms with Crippen LogP contribution in [0, 0.1) is 0 Å². The van der Waals surface area contributed by atoms with Gasteiger partial charge in [0.25, 0.3) is 0 Å². The first-order valence-corrected chi connectivity index (χ1v) is 7.58. The Kier molecular flexibility index (Phi) is 4.19. The molecular weight excluding hydrogens is 292 g/mol. The van der Waals surface area contributed by atoms with Gasteiger partial charge >= 0.3 is 0 Å². The molecular formula is C18H20N2O3. The van der Waals surface area contributed by atoms with E-state index in [0.717, 1.165) is 23.2 Å². The van der Waals surface area contributed by atoms with Crippen LogP contribution in [0.5, 0.6) is 11.5 Å². The van der Waals surface area contributed by atoms with Gasteiger partial charge in [-0.2, -0.15) is 0 Å². The summed E-state index contributed by atoms with van der Waals surface area (Å²) in [6, 6.07) is 9.53. The first-order chi connectivity index (χ1) is 11.2. The summed E-state index contributed by atoms with van der Waals surface area (Å²) in [5, 5.41) is 0. The van der Waals surface area contributed by atoms with Crippen molar-refractivity contribution in [1.82, 2.24) is 9.88 Å². The summed E-state index contributed by atoms with van der Waals surface area (Å²) in [5.74, 6) is 1.42. The fourth-order valence-corrected chi connectivity index (χ4v) is 3.14. The maximum Gasteiger partial charge on any atom is 0.220 e. The van der Waals surface area contributed by atoms with Gasteiger partial charge in [-0.15, -0.1) is 0 Å². The molecule has 1 aromatic heterocycles. The highest BCUT2D eigenvalue weighted by Crippen LogP contribution is 2.40. The monoisotopic (exact) mass is 312 g/mol. The lowest BCUT2D eigenvalue weighted by atomic mass is 9.89. The van der Waals surface area contributed by atoms with Crippen molar-refractivity contribution in [2.75, 3.05) is 20.8 Å². The maximum absolute atomic E-state index is 12.1. The van der Waals surface area contributed by atoms with Crippen LogP contribution in [0.4, 0.5) is 0 Å². The first-order valence-electron chi connectivity index (χ1n) is 7.58. The van der Waals surface area contributed by atoms with E-state index in [0.29, 0.717) is 18.0 Å². The summed E-state index contributed by atoms with van der Waals surface area (Å²) < 4.78 is 10.8. The summed E-state index contributed by atoms with van der Waals surface area (Å²) in [6.45, 7) is 2.26. The van der Waals surface area contributed by atoms with Crippen LogP contribution in [0.3, 0.4) is 0 Å². The number of amides is 1. The number of rotatable bonds is 3. The molecule has 0 bridgehead atoms. The van der Waals surface area contributed by atoms with Crippen LogP contribution in [0.1, 0.15) is 29.8 Å². The van der Waals surface area contributed by atoms with Crippen LogP contribution in [-0.2, 0) is 11.2 Å². The van der Waals surface area contributed by atoms with Gasteiger partial charge in [-0.05, 0) is 41.8 Å². The van der Waals surface area contributed by atoms with Crippen LogP contribution >= 0.6 is 0 Å². The molecule has 5 nitrogen and oxygen atoms in total. The minimum Gasteiger partial charge on any atom is -0.493 e. The number of hydrogen-bond acceptors (Lipinski definition) is 4. The molecule has 0 aliphatic carbocycles. The summed E-state index contributed by atoms with van der Waals surface area (Å²) in [7, 11) is 3.25. The Morgan fingerprint density at radius 2 is 1.96 bits per heavy atom. The summed E-state index contributed by atoms with van der Waals surface area (Å²) >= 11 is 0. The molecule has 23 heavy (non-hydrogen) atoms. The average Bonchev–Trinajstić information content (AvgIpc) is 2.59. The van der Waals surface area contributed by atoms with Crippen molar-refractivity contribution in [3.63, 3.8) is 0 Å². The second-order valence-electron chi connectivity index (χ2n) is 5.53. The van der Waals surface area contributed by atoms with Crippen molar-refractivity contribution >= 4 is 5.91 Å². The predicted octanol–water partition coefficient (Wildman–Crippen LogP) is 2.59. The van der Waals surface area contributed by atoms with Gasteiger partial charge in [0.05, 0.1) is 26.0 Å². The number of carbonyl (C=O) groups is 1. The molecule has 1 aliphatic rings. The largest absolute Gasteiger partial charge is 0.493 e. The molecule has 0 saturated heterocycles. The van der Waals surface area contributed by atoms with Crippen molar-refractivity contribution in [2.24, 2.45) is 0 Å². The quantitative estimate of drug-likeness (QED) is 0.874. The summed E-state index contributed by atoms with van der Waals surface area (Å²) in [4.78, 5) is 18.4. The Morgan fingerprint density at radius 3 is 2.57 bits per heavy atom. The van der Waals surface area contributed by atoms with Gasteiger partial charge in [-0.25, -0.2) is 0 Å². The lowest BCUT2D eigenvalue weighted by molar-refractivity contribution is -0.130. The Labute approximate surface area is 135 Å². The highest BCUT2D eigenvalue weighted by atomic mass is 16.5. The summed E-state index contributed by atoms with van der Waals surface area (Å²) in [5.41, 5.74) is 3.06. The average molecular weight is 312 g/mol. The van der Waals surface area contributed by atoms with Gasteiger partial charge in [0.1, 0.15) is 0 Å². The van der Waals surface area contributed by atoms with Crippen molar-refractivity contribution in [1.29, 1.82) is 0 Å². The molecule has 0 saturated carbocycles. The Balaban J connectivity index is 2.17. The number of methoxy groups -OCH3 is 2. The zero-order valence-electron chi connectivity index (χ0n) is 13.6. The molecule has 1 atom stereocenters. The molecule has 0 fully saturated rings. The third-order valence-electron chi connectivity index (χ3n) is 4.25. The molecule has 0 N–H and O–H groups in total. The standard InChI is InChI=1S/C18H20N2O3/c1-12(21)20-9-7-13-10-16(22-2)17(23-3)11-14(13)18(20)15-6-4-5-8-19-15/h4-6,8,10-11,18H,7,9H2,1-3H3. The topological polar surface area (TPSA) is 51.7 Å². The van der Waals surface area contributed by atoms with Gasteiger partial charge in [-0.1, -0.05) is 6.07 Å². The van der Waals surface area contributed by atoms with E-state index in [-0.39, 0.29) is 11.9 Å². The molecule has 2 heterocycles. The molecule has 120 valence electrons. The number of nitrogens with zero attached hydrogens (tertiary/aromatic N) is 2. The van der Waals surface area contributed by atoms with Gasteiger partial charge in [0.2, 0.25) is 5.91 Å². The second kappa shape index (κ2) is 6.28. The van der Waals surface area contributed by atoms with Crippen molar-refractivity contribution in [2.45, 2.75) is 19.4 Å². The fraction of sp³-hybridized carbons (Fsp3) is 0.333. The molecule has 1 amide bonds. The Morgan fingerprint density at radius 1 is 1.22 bits per heavy atom. The number of pyridine rings is 1. The highest BCUT2D eigenvalue weighted by Gasteiger charge is 2.32. The van der Waals surface area contributed by atoms with Gasteiger partial charge < -0.3 is 14.4 Å². The predicted molar refractivity (Wildman–Crippen MR) is 86.7 cm³/mol. The zero-order chi connectivity index (χ0) is 16.4. The number of carbonyl (C=O) groups excluding carboxylic acids is 1. The van der Waals surface area contributed by atoms with Gasteiger partial charge in [0.15, 0.2) is 11.5 Å². The zero-order valence-corrected chi connectivity index (χ0v) is 13.6. The first kappa shape index (κ1) is 15.3. The second-order valence-corrected chi connectivity index (χ2v) is 5.53. The van der Waals surface area contributed by atoms with E-state index in [9.17, 15) is 4.79 Å². The molecule has 1 aromatic carbocycles. The minimum absolute atomic E-state index is 0.0427. The number of fused-ring (bicyclic) bond motifs is 1. The maximum atomic E-state index is 12.1. The van der Waals surface area contributed by atoms with Gasteiger partial charge in [-0.3, -0.25) is 9.78 Å². The Bertz CT molecular complexity index is 716. The molecule has 1 unspecified atom stereocenters. The SMILES string of the molecule is COc1cc2c(cc1OC)C(c1ccccn1)N(C(C)=O)CC2. The van der Waals surface area contributed by atoms with Crippen LogP contribution in [-0.4, -0.2) is 36.6 Å². The third-order valence-corrected chi connectivity index (χ3v) is 4.25. The van der Waals surface area contributed by atoms with E-state index in [1.807, 2.05) is 35.2 Å². The lowest BCUT2D eigenvalue weighted by Crippen LogP contribution is -2.39. The van der Waals surface area contributed by atoms with Crippen LogP contribution in [0.2, 0.25) is 0 Å². The van der Waals surface area contributed by atoms with E-state index in [4.69, 9.17) is 9.47 Å². The minimum atomic E-state index is -0.197. The molecule has 2 aromatic rings. The lowest BCUT2D eigenvalue weighted by Gasteiger charge is -2.37. The number of ether oxygens (including phenoxy) is 2. The molecule has 0 radical (unpaired) electrons. The smallest absolute Gasteiger partial charge is 0.220 e. The fourth-order valence-electron chi connectivity index (χ4n) is 3.14. The van der Waals surface area contributed by atoms with Crippen LogP contribution in [0.25, 0.3) is 0 Å². The number of benzene rings is 1. The third kappa shape index (κ3) is 2.74. The number of hydrogen-bond donors (Lipinski definition) is 0. The van der Waals surface area contributed by atoms with Crippen LogP contribution < -0.4 is 9.47 Å². The van der Waals surface area contributed by atoms with Gasteiger partial charge in [0, 0.05) is 19.7 Å². The van der Waals surface area contributed by atoms with Crippen molar-refractivity contribution < 1.29 is 14.3 Å². The highest BCUT2D eigenvalue weighted by molar-refractivity contribution is 5.75. The molecule has 0 spiro atoms. The van der Waals surface area contributed by atoms with E-state index in [1.54, 1.807) is 27.3 Å². The molecule has 1 aliphatic heterocycles. The normalized spacial score (nSPS) is 16.7. The van der Waals surface area contributed by atoms with E-state index in [1.165, 1.54) is 0 Å². The Hall–Kier alpha value is -2.56.